The third-order valence-electron chi connectivity index (χ3n) is 8.03. The van der Waals surface area contributed by atoms with Crippen LogP contribution in [0.4, 0.5) is 0 Å². The molecule has 0 saturated heterocycles. The first kappa shape index (κ1) is 30.2. The van der Waals surface area contributed by atoms with Gasteiger partial charge in [-0.15, -0.1) is 0 Å². The molecule has 8 heteroatoms. The van der Waals surface area contributed by atoms with E-state index in [0.717, 1.165) is 22.3 Å². The maximum absolute atomic E-state index is 13.8. The van der Waals surface area contributed by atoms with Crippen molar-refractivity contribution in [3.63, 3.8) is 0 Å². The summed E-state index contributed by atoms with van der Waals surface area (Å²) in [5.74, 6) is 0.0516. The summed E-state index contributed by atoms with van der Waals surface area (Å²) in [7, 11) is 1.58. The van der Waals surface area contributed by atoms with Gasteiger partial charge < -0.3 is 14.6 Å². The summed E-state index contributed by atoms with van der Waals surface area (Å²) in [6.45, 7) is 12.0. The van der Waals surface area contributed by atoms with Gasteiger partial charge >= 0.3 is 35.5 Å². The number of carbonyl (C=O) groups is 3. The monoisotopic (exact) mass is 553 g/mol. The van der Waals surface area contributed by atoms with Gasteiger partial charge in [0.25, 0.3) is 0 Å². The van der Waals surface area contributed by atoms with Crippen molar-refractivity contribution < 1.29 is 29.0 Å². The molecule has 206 valence electrons. The van der Waals surface area contributed by atoms with Gasteiger partial charge in [-0.1, -0.05) is 27.7 Å². The first-order chi connectivity index (χ1) is 18.2. The van der Waals surface area contributed by atoms with Crippen LogP contribution in [0.2, 0.25) is 0 Å². The van der Waals surface area contributed by atoms with Gasteiger partial charge in [0.1, 0.15) is 23.0 Å². The summed E-state index contributed by atoms with van der Waals surface area (Å²) in [5.41, 5.74) is 4.01. The fourth-order valence-corrected chi connectivity index (χ4v) is 6.40. The molecule has 5 rings (SSSR count). The van der Waals surface area contributed by atoms with Crippen molar-refractivity contribution in [1.82, 2.24) is 4.98 Å². The Kier molecular flexibility index (Phi) is 8.00. The summed E-state index contributed by atoms with van der Waals surface area (Å²) in [5, 5.41) is 9.61. The molecular formula is C32H36NNaO6. The van der Waals surface area contributed by atoms with Gasteiger partial charge in [0, 0.05) is 48.0 Å². The second-order valence-electron chi connectivity index (χ2n) is 12.7. The molecular weight excluding hydrogens is 517 g/mol. The number of hydrogen-bond acceptors (Lipinski definition) is 6. The van der Waals surface area contributed by atoms with Crippen molar-refractivity contribution in [2.24, 2.45) is 10.8 Å². The van der Waals surface area contributed by atoms with Crippen LogP contribution in [0.1, 0.15) is 86.5 Å². The first-order valence-corrected chi connectivity index (χ1v) is 13.3. The van der Waals surface area contributed by atoms with Gasteiger partial charge in [-0.3, -0.25) is 9.59 Å². The van der Waals surface area contributed by atoms with Crippen LogP contribution in [0.5, 0.6) is 5.75 Å². The number of rotatable bonds is 4. The molecule has 2 heterocycles. The predicted octanol–water partition coefficient (Wildman–Crippen LogP) is 5.82. The van der Waals surface area contributed by atoms with E-state index in [4.69, 9.17) is 9.47 Å². The van der Waals surface area contributed by atoms with E-state index in [2.05, 4.69) is 32.7 Å². The minimum atomic E-state index is -1.11. The minimum absolute atomic E-state index is 0. The molecule has 0 amide bonds. The van der Waals surface area contributed by atoms with Crippen LogP contribution in [0.25, 0.3) is 11.3 Å². The molecule has 0 saturated carbocycles. The molecule has 40 heavy (non-hydrogen) atoms. The Morgan fingerprint density at radius 2 is 1.50 bits per heavy atom. The molecule has 0 atom stereocenters. The summed E-state index contributed by atoms with van der Waals surface area (Å²) >= 11 is 0. The third-order valence-corrected chi connectivity index (χ3v) is 8.03. The van der Waals surface area contributed by atoms with Crippen molar-refractivity contribution in [2.45, 2.75) is 73.1 Å². The van der Waals surface area contributed by atoms with Gasteiger partial charge in [0.15, 0.2) is 11.6 Å². The zero-order valence-electron chi connectivity index (χ0n) is 23.7. The van der Waals surface area contributed by atoms with E-state index in [1.165, 1.54) is 6.07 Å². The number of benzene rings is 1. The number of ketones is 2. The SMILES string of the molecule is COc1ccc(-c2cc(C)cc(C(=O)O)n2)c(C)c1C1C2=C(CC(C)(C)CC2=O)OC2=C1C(=O)CC(C)(C)C2.[NaH]. The zero-order valence-corrected chi connectivity index (χ0v) is 23.7. The van der Waals surface area contributed by atoms with Gasteiger partial charge in [-0.05, 0) is 60.1 Å². The van der Waals surface area contributed by atoms with Crippen LogP contribution in [0.3, 0.4) is 0 Å². The number of nitrogens with zero attached hydrogens (tertiary/aromatic N) is 1. The normalized spacial score (nSPS) is 19.9. The number of pyridine rings is 1. The van der Waals surface area contributed by atoms with Crippen LogP contribution < -0.4 is 4.74 Å². The van der Waals surface area contributed by atoms with Crippen molar-refractivity contribution in [3.05, 3.63) is 69.3 Å². The van der Waals surface area contributed by atoms with Crippen molar-refractivity contribution in [2.75, 3.05) is 7.11 Å². The van der Waals surface area contributed by atoms with Crippen molar-refractivity contribution >= 4 is 47.1 Å². The van der Waals surface area contributed by atoms with E-state index in [9.17, 15) is 19.5 Å². The van der Waals surface area contributed by atoms with Crippen LogP contribution in [-0.4, -0.2) is 64.3 Å². The second-order valence-corrected chi connectivity index (χ2v) is 12.7. The number of hydrogen-bond donors (Lipinski definition) is 1. The van der Waals surface area contributed by atoms with E-state index < -0.39 is 11.9 Å². The third kappa shape index (κ3) is 5.31. The van der Waals surface area contributed by atoms with E-state index in [1.807, 2.05) is 32.0 Å². The number of methoxy groups -OCH3 is 1. The average Bonchev–Trinajstić information content (AvgIpc) is 2.80. The number of carboxylic acids is 1. The number of Topliss-reactive ketones (excluding diaryl/α,β-unsaturated/α-hetero) is 2. The molecule has 1 aromatic heterocycles. The molecule has 0 bridgehead atoms. The van der Waals surface area contributed by atoms with Gasteiger partial charge in [0.2, 0.25) is 0 Å². The van der Waals surface area contributed by atoms with Crippen LogP contribution in [-0.2, 0) is 14.3 Å². The van der Waals surface area contributed by atoms with Crippen molar-refractivity contribution in [1.29, 1.82) is 0 Å². The molecule has 1 N–H and O–H groups in total. The standard InChI is InChI=1S/C32H35NO6.Na.H/c1-16-10-19(33-20(11-16)30(36)37)18-8-9-23(38-7)26(17(18)2)29-27-21(34)12-31(3,4)14-24(27)39-25-15-32(5,6)13-22(35)28(25)29;;/h8-11,29H,12-15H2,1-7H3,(H,36,37);;. The molecule has 0 spiro atoms. The van der Waals surface area contributed by atoms with Crippen LogP contribution in [0.15, 0.2) is 46.9 Å². The number of aryl methyl sites for hydroxylation is 1. The number of carboxylic acid groups (broad SMARTS) is 1. The number of ether oxygens (including phenoxy) is 2. The van der Waals surface area contributed by atoms with E-state index in [-0.39, 0.29) is 57.6 Å². The number of aromatic nitrogens is 1. The number of allylic oxidation sites excluding steroid dienone is 4. The molecule has 2 aliphatic carbocycles. The molecule has 0 radical (unpaired) electrons. The molecule has 0 fully saturated rings. The van der Waals surface area contributed by atoms with Gasteiger partial charge in [-0.25, -0.2) is 9.78 Å². The second kappa shape index (κ2) is 10.6. The fourth-order valence-electron chi connectivity index (χ4n) is 6.40. The summed E-state index contributed by atoms with van der Waals surface area (Å²) in [6, 6.07) is 7.04. The molecule has 0 unspecified atom stereocenters. The molecule has 7 nitrogen and oxygen atoms in total. The fraction of sp³-hybridized carbons (Fsp3) is 0.438. The van der Waals surface area contributed by atoms with E-state index in [1.54, 1.807) is 7.11 Å². The van der Waals surface area contributed by atoms with Crippen LogP contribution in [0, 0.1) is 24.7 Å². The molecule has 1 aliphatic heterocycles. The molecule has 3 aliphatic rings. The maximum atomic E-state index is 13.8. The van der Waals surface area contributed by atoms with E-state index >= 15 is 0 Å². The van der Waals surface area contributed by atoms with Gasteiger partial charge in [0.05, 0.1) is 18.7 Å². The number of carbonyl (C=O) groups excluding carboxylic acids is 2. The average molecular weight is 554 g/mol. The first-order valence-electron chi connectivity index (χ1n) is 13.3. The van der Waals surface area contributed by atoms with Crippen molar-refractivity contribution in [3.8, 4) is 17.0 Å². The van der Waals surface area contributed by atoms with Gasteiger partial charge in [-0.2, -0.15) is 0 Å². The Balaban J connectivity index is 0.00000370. The Morgan fingerprint density at radius 3 is 2.00 bits per heavy atom. The van der Waals surface area contributed by atoms with Crippen LogP contribution >= 0.6 is 0 Å². The summed E-state index contributed by atoms with van der Waals surface area (Å²) < 4.78 is 12.3. The molecule has 1 aromatic carbocycles. The Labute approximate surface area is 257 Å². The molecule has 2 aromatic rings. The Hall–Kier alpha value is -2.74. The predicted molar refractivity (Wildman–Crippen MR) is 154 cm³/mol. The summed E-state index contributed by atoms with van der Waals surface area (Å²) in [4.78, 5) is 43.7. The zero-order chi connectivity index (χ0) is 28.4. The Bertz CT molecular complexity index is 1460. The topological polar surface area (TPSA) is 103 Å². The summed E-state index contributed by atoms with van der Waals surface area (Å²) in [6.07, 6.45) is 1.91. The Morgan fingerprint density at radius 1 is 0.950 bits per heavy atom. The quantitative estimate of drug-likeness (QED) is 0.476. The van der Waals surface area contributed by atoms with E-state index in [0.29, 0.717) is 59.8 Å². The number of aromatic carboxylic acids is 1.